The quantitative estimate of drug-likeness (QED) is 0.530. The largest absolute Gasteiger partial charge is 0.379 e. The fourth-order valence-electron chi connectivity index (χ4n) is 4.31. The Labute approximate surface area is 199 Å². The number of hydrogen-bond donors (Lipinski definition) is 1. The molecule has 1 N–H and O–H groups in total. The van der Waals surface area contributed by atoms with Gasteiger partial charge in [-0.1, -0.05) is 12.8 Å². The molecule has 10 nitrogen and oxygen atoms in total. The highest BCUT2D eigenvalue weighted by molar-refractivity contribution is 9.10. The Morgan fingerprint density at radius 1 is 1.09 bits per heavy atom. The van der Waals surface area contributed by atoms with Gasteiger partial charge < -0.3 is 10.1 Å². The molecule has 0 aromatic carbocycles. The van der Waals surface area contributed by atoms with Gasteiger partial charge in [-0.05, 0) is 47.0 Å². The summed E-state index contributed by atoms with van der Waals surface area (Å²) in [7, 11) is -3.62. The molecule has 1 saturated heterocycles. The molecule has 4 heterocycles. The normalized spacial score (nSPS) is 18.1. The average Bonchev–Trinajstić information content (AvgIpc) is 3.35. The van der Waals surface area contributed by atoms with Gasteiger partial charge in [0.2, 0.25) is 16.0 Å². The highest BCUT2D eigenvalue weighted by Gasteiger charge is 2.27. The second-order valence-electron chi connectivity index (χ2n) is 8.10. The second kappa shape index (κ2) is 9.09. The fourth-order valence-corrected chi connectivity index (χ4v) is 6.10. The molecule has 1 aliphatic heterocycles. The number of anilines is 2. The summed E-state index contributed by atoms with van der Waals surface area (Å²) in [5.74, 6) is 0.689. The van der Waals surface area contributed by atoms with Crippen molar-refractivity contribution in [1.29, 1.82) is 0 Å². The summed E-state index contributed by atoms with van der Waals surface area (Å²) in [5, 5.41) is 3.78. The molecule has 0 bridgehead atoms. The number of morpholine rings is 1. The summed E-state index contributed by atoms with van der Waals surface area (Å²) in [6.45, 7) is 1.42. The number of ether oxygens (including phenoxy) is 1. The van der Waals surface area contributed by atoms with Crippen molar-refractivity contribution in [3.05, 3.63) is 45.4 Å². The van der Waals surface area contributed by atoms with E-state index in [2.05, 4.69) is 36.2 Å². The van der Waals surface area contributed by atoms with Crippen molar-refractivity contribution >= 4 is 48.8 Å². The van der Waals surface area contributed by atoms with Crippen LogP contribution in [-0.2, 0) is 14.8 Å². The van der Waals surface area contributed by atoms with Gasteiger partial charge in [0.15, 0.2) is 0 Å². The molecule has 3 aromatic rings. The third kappa shape index (κ3) is 4.39. The van der Waals surface area contributed by atoms with Crippen molar-refractivity contribution in [3.8, 4) is 0 Å². The van der Waals surface area contributed by atoms with E-state index in [-0.39, 0.29) is 22.4 Å². The summed E-state index contributed by atoms with van der Waals surface area (Å²) >= 11 is 3.36. The SMILES string of the molecule is O=c1c(Br)cc2cnc(Nc3ccc(S(=O)(=O)N4CCOCC4)cn3)nc2n1C1CCCC1. The molecule has 1 saturated carbocycles. The number of hydrogen-bond acceptors (Lipinski definition) is 8. The minimum absolute atomic E-state index is 0.102. The van der Waals surface area contributed by atoms with Gasteiger partial charge in [-0.3, -0.25) is 9.36 Å². The molecule has 0 radical (unpaired) electrons. The molecule has 33 heavy (non-hydrogen) atoms. The zero-order valence-corrected chi connectivity index (χ0v) is 20.2. The predicted molar refractivity (Wildman–Crippen MR) is 126 cm³/mol. The lowest BCUT2D eigenvalue weighted by molar-refractivity contribution is 0.0730. The van der Waals surface area contributed by atoms with E-state index in [0.29, 0.717) is 42.2 Å². The van der Waals surface area contributed by atoms with E-state index in [1.54, 1.807) is 22.9 Å². The second-order valence-corrected chi connectivity index (χ2v) is 10.9. The van der Waals surface area contributed by atoms with Crippen LogP contribution in [0.4, 0.5) is 11.8 Å². The van der Waals surface area contributed by atoms with Crippen LogP contribution >= 0.6 is 15.9 Å². The van der Waals surface area contributed by atoms with Crippen LogP contribution in [0.3, 0.4) is 0 Å². The average molecular weight is 535 g/mol. The van der Waals surface area contributed by atoms with E-state index in [1.165, 1.54) is 16.6 Å². The van der Waals surface area contributed by atoms with Crippen LogP contribution in [0.1, 0.15) is 31.7 Å². The van der Waals surface area contributed by atoms with Crippen LogP contribution in [0.15, 0.2) is 44.8 Å². The van der Waals surface area contributed by atoms with Crippen molar-refractivity contribution in [2.45, 2.75) is 36.6 Å². The number of nitrogens with zero attached hydrogens (tertiary/aromatic N) is 5. The molecule has 12 heteroatoms. The van der Waals surface area contributed by atoms with Crippen molar-refractivity contribution in [1.82, 2.24) is 23.8 Å². The topological polar surface area (TPSA) is 119 Å². The molecule has 2 aliphatic rings. The number of sulfonamides is 1. The van der Waals surface area contributed by atoms with Crippen LogP contribution in [-0.4, -0.2) is 58.5 Å². The van der Waals surface area contributed by atoms with Crippen molar-refractivity contribution in [3.63, 3.8) is 0 Å². The molecule has 174 valence electrons. The van der Waals surface area contributed by atoms with E-state index < -0.39 is 10.0 Å². The maximum atomic E-state index is 12.9. The number of halogens is 1. The van der Waals surface area contributed by atoms with Gasteiger partial charge >= 0.3 is 0 Å². The minimum Gasteiger partial charge on any atom is -0.379 e. The Hall–Kier alpha value is -2.41. The fraction of sp³-hybridized carbons (Fsp3) is 0.429. The third-order valence-electron chi connectivity index (χ3n) is 6.00. The lowest BCUT2D eigenvalue weighted by atomic mass is 10.2. The highest BCUT2D eigenvalue weighted by atomic mass is 79.9. The van der Waals surface area contributed by atoms with Gasteiger partial charge in [0.1, 0.15) is 16.4 Å². The summed E-state index contributed by atoms with van der Waals surface area (Å²) in [4.78, 5) is 26.2. The van der Waals surface area contributed by atoms with Gasteiger partial charge in [-0.2, -0.15) is 9.29 Å². The molecule has 0 atom stereocenters. The highest BCUT2D eigenvalue weighted by Crippen LogP contribution is 2.31. The molecule has 0 spiro atoms. The zero-order chi connectivity index (χ0) is 23.0. The molecular formula is C21H23BrN6O4S. The molecule has 0 amide bonds. The van der Waals surface area contributed by atoms with E-state index in [0.717, 1.165) is 31.1 Å². The maximum absolute atomic E-state index is 12.9. The summed E-state index contributed by atoms with van der Waals surface area (Å²) in [5.41, 5.74) is 0.467. The molecule has 2 fully saturated rings. The van der Waals surface area contributed by atoms with E-state index >= 15 is 0 Å². The smallest absolute Gasteiger partial charge is 0.266 e. The summed E-state index contributed by atoms with van der Waals surface area (Å²) < 4.78 is 34.4. The molecular weight excluding hydrogens is 512 g/mol. The van der Waals surface area contributed by atoms with Gasteiger partial charge in [-0.15, -0.1) is 0 Å². The Morgan fingerprint density at radius 2 is 1.85 bits per heavy atom. The van der Waals surface area contributed by atoms with E-state index in [9.17, 15) is 13.2 Å². The Morgan fingerprint density at radius 3 is 2.55 bits per heavy atom. The van der Waals surface area contributed by atoms with Crippen molar-refractivity contribution < 1.29 is 13.2 Å². The van der Waals surface area contributed by atoms with E-state index in [1.807, 2.05) is 0 Å². The van der Waals surface area contributed by atoms with Crippen LogP contribution in [0.25, 0.3) is 11.0 Å². The number of rotatable bonds is 5. The maximum Gasteiger partial charge on any atom is 0.266 e. The lowest BCUT2D eigenvalue weighted by Gasteiger charge is -2.25. The Kier molecular flexibility index (Phi) is 6.16. The van der Waals surface area contributed by atoms with Crippen molar-refractivity contribution in [2.75, 3.05) is 31.6 Å². The Balaban J connectivity index is 1.43. The van der Waals surface area contributed by atoms with Gasteiger partial charge in [-0.25, -0.2) is 18.4 Å². The van der Waals surface area contributed by atoms with Crippen LogP contribution in [0.5, 0.6) is 0 Å². The number of aromatic nitrogens is 4. The molecule has 0 unspecified atom stereocenters. The molecule has 5 rings (SSSR count). The molecule has 1 aliphatic carbocycles. The lowest BCUT2D eigenvalue weighted by Crippen LogP contribution is -2.40. The number of fused-ring (bicyclic) bond motifs is 1. The van der Waals surface area contributed by atoms with Crippen LogP contribution < -0.4 is 10.9 Å². The Bertz CT molecular complexity index is 1330. The van der Waals surface area contributed by atoms with E-state index in [4.69, 9.17) is 4.74 Å². The monoisotopic (exact) mass is 534 g/mol. The number of pyridine rings is 2. The molecule has 3 aromatic heterocycles. The van der Waals surface area contributed by atoms with Crippen LogP contribution in [0, 0.1) is 0 Å². The van der Waals surface area contributed by atoms with Crippen LogP contribution in [0.2, 0.25) is 0 Å². The van der Waals surface area contributed by atoms with Gasteiger partial charge in [0.25, 0.3) is 5.56 Å². The summed E-state index contributed by atoms with van der Waals surface area (Å²) in [6, 6.07) is 4.93. The first kappa shape index (κ1) is 22.4. The van der Waals surface area contributed by atoms with Crippen molar-refractivity contribution in [2.24, 2.45) is 0 Å². The predicted octanol–water partition coefficient (Wildman–Crippen LogP) is 2.83. The third-order valence-corrected chi connectivity index (χ3v) is 8.45. The van der Waals surface area contributed by atoms with Gasteiger partial charge in [0, 0.05) is 36.9 Å². The first-order valence-corrected chi connectivity index (χ1v) is 13.1. The standard InChI is InChI=1S/C21H23BrN6O4S/c22-17-11-14-12-24-21(26-19(14)28(20(17)29)15-3-1-2-4-15)25-18-6-5-16(13-23-18)33(30,31)27-7-9-32-10-8-27/h5-6,11-13,15H,1-4,7-10H2,(H,23,24,25,26). The number of nitrogens with one attached hydrogen (secondary N) is 1. The summed E-state index contributed by atoms with van der Waals surface area (Å²) in [6.07, 6.45) is 7.05. The first-order chi connectivity index (χ1) is 15.9. The minimum atomic E-state index is -3.62. The zero-order valence-electron chi connectivity index (χ0n) is 17.8. The first-order valence-electron chi connectivity index (χ1n) is 10.8. The van der Waals surface area contributed by atoms with Gasteiger partial charge in [0.05, 0.1) is 17.7 Å².